The molecule has 1 N–H and O–H groups in total. The number of carbonyl (C=O) groups is 1. The summed E-state index contributed by atoms with van der Waals surface area (Å²) in [6.45, 7) is 6.88. The smallest absolute Gasteiger partial charge is 0.254 e. The summed E-state index contributed by atoms with van der Waals surface area (Å²) in [4.78, 5) is 13.8. The molecule has 0 aliphatic carbocycles. The summed E-state index contributed by atoms with van der Waals surface area (Å²) in [6.07, 6.45) is 0. The number of nitrogens with zero attached hydrogens (tertiary/aromatic N) is 1. The van der Waals surface area contributed by atoms with E-state index in [0.29, 0.717) is 13.1 Å². The van der Waals surface area contributed by atoms with Crippen LogP contribution in [0.4, 0.5) is 0 Å². The summed E-state index contributed by atoms with van der Waals surface area (Å²) in [6, 6.07) is 5.72. The highest BCUT2D eigenvalue weighted by Gasteiger charge is 2.15. The van der Waals surface area contributed by atoms with E-state index in [1.54, 1.807) is 4.90 Å². The number of aliphatic hydroxyl groups is 1. The molecular weight excluding hydrogens is 202 g/mol. The SMILES string of the molecule is CCN(CCO)C(=O)c1cccc(C)c1C. The van der Waals surface area contributed by atoms with Crippen molar-refractivity contribution < 1.29 is 9.90 Å². The summed E-state index contributed by atoms with van der Waals surface area (Å²) in [5.41, 5.74) is 2.87. The van der Waals surface area contributed by atoms with E-state index in [0.717, 1.165) is 16.7 Å². The summed E-state index contributed by atoms with van der Waals surface area (Å²) < 4.78 is 0. The van der Waals surface area contributed by atoms with E-state index in [4.69, 9.17) is 5.11 Å². The summed E-state index contributed by atoms with van der Waals surface area (Å²) >= 11 is 0. The first-order valence-corrected chi connectivity index (χ1v) is 5.58. The first kappa shape index (κ1) is 12.7. The maximum Gasteiger partial charge on any atom is 0.254 e. The van der Waals surface area contributed by atoms with Gasteiger partial charge in [0.1, 0.15) is 0 Å². The van der Waals surface area contributed by atoms with Crippen molar-refractivity contribution in [3.05, 3.63) is 34.9 Å². The molecule has 3 nitrogen and oxygen atoms in total. The van der Waals surface area contributed by atoms with Gasteiger partial charge in [0.05, 0.1) is 6.61 Å². The Hall–Kier alpha value is -1.35. The van der Waals surface area contributed by atoms with Crippen LogP contribution >= 0.6 is 0 Å². The number of rotatable bonds is 4. The summed E-state index contributed by atoms with van der Waals surface area (Å²) in [7, 11) is 0. The lowest BCUT2D eigenvalue weighted by molar-refractivity contribution is 0.0731. The fraction of sp³-hybridized carbons (Fsp3) is 0.462. The Bertz CT molecular complexity index is 374. The van der Waals surface area contributed by atoms with Gasteiger partial charge < -0.3 is 10.0 Å². The van der Waals surface area contributed by atoms with Gasteiger partial charge in [-0.1, -0.05) is 12.1 Å². The molecule has 0 atom stereocenters. The van der Waals surface area contributed by atoms with Crippen molar-refractivity contribution in [2.75, 3.05) is 19.7 Å². The largest absolute Gasteiger partial charge is 0.395 e. The van der Waals surface area contributed by atoms with Gasteiger partial charge in [-0.15, -0.1) is 0 Å². The number of aryl methyl sites for hydroxylation is 1. The predicted molar refractivity (Wildman–Crippen MR) is 64.6 cm³/mol. The van der Waals surface area contributed by atoms with E-state index in [1.807, 2.05) is 39.0 Å². The highest BCUT2D eigenvalue weighted by atomic mass is 16.3. The molecule has 0 fully saturated rings. The van der Waals surface area contributed by atoms with Crippen molar-refractivity contribution in [1.82, 2.24) is 4.90 Å². The molecule has 1 aromatic rings. The Morgan fingerprint density at radius 1 is 1.38 bits per heavy atom. The number of carbonyl (C=O) groups excluding carboxylic acids is 1. The monoisotopic (exact) mass is 221 g/mol. The fourth-order valence-electron chi connectivity index (χ4n) is 1.68. The molecular formula is C13H19NO2. The molecule has 0 spiro atoms. The molecule has 0 unspecified atom stereocenters. The molecule has 1 aromatic carbocycles. The first-order chi connectivity index (χ1) is 7.61. The van der Waals surface area contributed by atoms with Crippen LogP contribution in [0, 0.1) is 13.8 Å². The third-order valence-electron chi connectivity index (χ3n) is 2.87. The van der Waals surface area contributed by atoms with Gasteiger partial charge in [0, 0.05) is 18.7 Å². The van der Waals surface area contributed by atoms with Gasteiger partial charge in [0.2, 0.25) is 0 Å². The maximum atomic E-state index is 12.2. The van der Waals surface area contributed by atoms with Crippen LogP contribution in [-0.4, -0.2) is 35.6 Å². The minimum absolute atomic E-state index is 0.00208. The molecule has 0 radical (unpaired) electrons. The van der Waals surface area contributed by atoms with Crippen LogP contribution in [0.1, 0.15) is 28.4 Å². The van der Waals surface area contributed by atoms with Crippen LogP contribution in [-0.2, 0) is 0 Å². The summed E-state index contributed by atoms with van der Waals surface area (Å²) in [5, 5.41) is 8.89. The number of likely N-dealkylation sites (N-methyl/N-ethyl adjacent to an activating group) is 1. The number of hydrogen-bond acceptors (Lipinski definition) is 2. The van der Waals surface area contributed by atoms with Crippen molar-refractivity contribution in [1.29, 1.82) is 0 Å². The van der Waals surface area contributed by atoms with Crippen molar-refractivity contribution in [3.63, 3.8) is 0 Å². The van der Waals surface area contributed by atoms with Crippen molar-refractivity contribution in [2.45, 2.75) is 20.8 Å². The second-order valence-corrected chi connectivity index (χ2v) is 3.86. The minimum Gasteiger partial charge on any atom is -0.395 e. The Balaban J connectivity index is 2.99. The van der Waals surface area contributed by atoms with E-state index in [2.05, 4.69) is 0 Å². The second-order valence-electron chi connectivity index (χ2n) is 3.86. The minimum atomic E-state index is -0.00208. The summed E-state index contributed by atoms with van der Waals surface area (Å²) in [5.74, 6) is -0.00208. The zero-order valence-corrected chi connectivity index (χ0v) is 10.2. The molecule has 16 heavy (non-hydrogen) atoms. The third-order valence-corrected chi connectivity index (χ3v) is 2.87. The molecule has 0 aliphatic heterocycles. The van der Waals surface area contributed by atoms with Gasteiger partial charge in [-0.25, -0.2) is 0 Å². The number of benzene rings is 1. The van der Waals surface area contributed by atoms with Crippen LogP contribution in [0.15, 0.2) is 18.2 Å². The number of aliphatic hydroxyl groups excluding tert-OH is 1. The zero-order chi connectivity index (χ0) is 12.1. The van der Waals surface area contributed by atoms with Crippen molar-refractivity contribution in [3.8, 4) is 0 Å². The molecule has 0 aromatic heterocycles. The zero-order valence-electron chi connectivity index (χ0n) is 10.2. The molecule has 88 valence electrons. The molecule has 1 amide bonds. The molecule has 1 rings (SSSR count). The molecule has 0 heterocycles. The van der Waals surface area contributed by atoms with Gasteiger partial charge in [0.15, 0.2) is 0 Å². The number of amides is 1. The van der Waals surface area contributed by atoms with Crippen LogP contribution in [0.2, 0.25) is 0 Å². The highest BCUT2D eigenvalue weighted by molar-refractivity contribution is 5.95. The Labute approximate surface area is 96.7 Å². The van der Waals surface area contributed by atoms with Gasteiger partial charge in [0.25, 0.3) is 5.91 Å². The average molecular weight is 221 g/mol. The van der Waals surface area contributed by atoms with Crippen LogP contribution in [0.3, 0.4) is 0 Å². The number of hydrogen-bond donors (Lipinski definition) is 1. The van der Waals surface area contributed by atoms with Crippen LogP contribution < -0.4 is 0 Å². The molecule has 3 heteroatoms. The average Bonchev–Trinajstić information content (AvgIpc) is 2.29. The van der Waals surface area contributed by atoms with Gasteiger partial charge in [-0.3, -0.25) is 4.79 Å². The maximum absolute atomic E-state index is 12.2. The van der Waals surface area contributed by atoms with E-state index >= 15 is 0 Å². The van der Waals surface area contributed by atoms with E-state index < -0.39 is 0 Å². The molecule has 0 aliphatic rings. The highest BCUT2D eigenvalue weighted by Crippen LogP contribution is 2.14. The molecule has 0 bridgehead atoms. The lowest BCUT2D eigenvalue weighted by Crippen LogP contribution is -2.33. The predicted octanol–water partition coefficient (Wildman–Crippen LogP) is 1.76. The van der Waals surface area contributed by atoms with Crippen molar-refractivity contribution >= 4 is 5.91 Å². The van der Waals surface area contributed by atoms with E-state index in [-0.39, 0.29) is 12.5 Å². The fourth-order valence-corrected chi connectivity index (χ4v) is 1.68. The van der Waals surface area contributed by atoms with Crippen LogP contribution in [0.25, 0.3) is 0 Å². The van der Waals surface area contributed by atoms with Crippen LogP contribution in [0.5, 0.6) is 0 Å². The Morgan fingerprint density at radius 2 is 2.06 bits per heavy atom. The van der Waals surface area contributed by atoms with E-state index in [1.165, 1.54) is 0 Å². The standard InChI is InChI=1S/C13H19NO2/c1-4-14(8-9-15)13(16)12-7-5-6-10(2)11(12)3/h5-7,15H,4,8-9H2,1-3H3. The van der Waals surface area contributed by atoms with E-state index in [9.17, 15) is 4.79 Å². The Morgan fingerprint density at radius 3 is 2.62 bits per heavy atom. The van der Waals surface area contributed by atoms with Gasteiger partial charge >= 0.3 is 0 Å². The van der Waals surface area contributed by atoms with Gasteiger partial charge in [-0.2, -0.15) is 0 Å². The third kappa shape index (κ3) is 2.61. The first-order valence-electron chi connectivity index (χ1n) is 5.58. The topological polar surface area (TPSA) is 40.5 Å². The Kier molecular flexibility index (Phi) is 4.50. The normalized spacial score (nSPS) is 10.2. The van der Waals surface area contributed by atoms with Gasteiger partial charge in [-0.05, 0) is 38.0 Å². The quantitative estimate of drug-likeness (QED) is 0.841. The lowest BCUT2D eigenvalue weighted by atomic mass is 10.0. The molecule has 0 saturated carbocycles. The van der Waals surface area contributed by atoms with Crippen molar-refractivity contribution in [2.24, 2.45) is 0 Å². The molecule has 0 saturated heterocycles. The second kappa shape index (κ2) is 5.66. The lowest BCUT2D eigenvalue weighted by Gasteiger charge is -2.21.